The Balaban J connectivity index is 1.88. The Bertz CT molecular complexity index is 283. The predicted molar refractivity (Wildman–Crippen MR) is 66.3 cm³/mol. The molecule has 4 atom stereocenters. The quantitative estimate of drug-likeness (QED) is 0.742. The van der Waals surface area contributed by atoms with E-state index in [1.54, 1.807) is 0 Å². The molecular formula is C13H24N2O2. The lowest BCUT2D eigenvalue weighted by Gasteiger charge is -2.33. The van der Waals surface area contributed by atoms with Crippen LogP contribution in [0.15, 0.2) is 0 Å². The van der Waals surface area contributed by atoms with Crippen LogP contribution in [0.25, 0.3) is 0 Å². The number of likely N-dealkylation sites (tertiary alicyclic amines) is 1. The molecule has 1 saturated heterocycles. The fourth-order valence-corrected chi connectivity index (χ4v) is 3.02. The Labute approximate surface area is 103 Å². The number of hydrogen-bond acceptors (Lipinski definition) is 3. The molecule has 17 heavy (non-hydrogen) atoms. The third-order valence-electron chi connectivity index (χ3n) is 4.46. The normalized spacial score (nSPS) is 38.4. The molecule has 3 N–H and O–H groups in total. The Morgan fingerprint density at radius 3 is 2.76 bits per heavy atom. The van der Waals surface area contributed by atoms with E-state index in [1.165, 1.54) is 0 Å². The van der Waals surface area contributed by atoms with Crippen LogP contribution in [0, 0.1) is 17.8 Å². The van der Waals surface area contributed by atoms with E-state index in [0.717, 1.165) is 38.8 Å². The molecule has 1 saturated carbocycles. The van der Waals surface area contributed by atoms with E-state index < -0.39 is 0 Å². The highest BCUT2D eigenvalue weighted by Crippen LogP contribution is 2.30. The van der Waals surface area contributed by atoms with Crippen molar-refractivity contribution in [3.63, 3.8) is 0 Å². The van der Waals surface area contributed by atoms with Gasteiger partial charge in [0.05, 0.1) is 0 Å². The minimum absolute atomic E-state index is 0.124. The third-order valence-corrected chi connectivity index (χ3v) is 4.46. The van der Waals surface area contributed by atoms with Crippen molar-refractivity contribution in [2.45, 2.75) is 38.6 Å². The van der Waals surface area contributed by atoms with Gasteiger partial charge in [-0.3, -0.25) is 4.79 Å². The predicted octanol–water partition coefficient (Wildman–Crippen LogP) is 0.591. The second kappa shape index (κ2) is 5.36. The van der Waals surface area contributed by atoms with Gasteiger partial charge in [0.25, 0.3) is 0 Å². The number of hydrogen-bond donors (Lipinski definition) is 2. The van der Waals surface area contributed by atoms with Crippen LogP contribution in [0.1, 0.15) is 32.6 Å². The number of nitrogens with two attached hydrogens (primary N) is 1. The van der Waals surface area contributed by atoms with Gasteiger partial charge in [0.15, 0.2) is 0 Å². The summed E-state index contributed by atoms with van der Waals surface area (Å²) in [6.45, 7) is 3.91. The fraction of sp³-hybridized carbons (Fsp3) is 0.923. The Morgan fingerprint density at radius 2 is 2.18 bits per heavy atom. The number of amides is 1. The van der Waals surface area contributed by atoms with E-state index in [0.29, 0.717) is 5.92 Å². The Morgan fingerprint density at radius 1 is 1.41 bits per heavy atom. The zero-order valence-electron chi connectivity index (χ0n) is 10.6. The molecule has 4 heteroatoms. The summed E-state index contributed by atoms with van der Waals surface area (Å²) in [7, 11) is 0. The summed E-state index contributed by atoms with van der Waals surface area (Å²) >= 11 is 0. The molecule has 1 heterocycles. The average molecular weight is 240 g/mol. The summed E-state index contributed by atoms with van der Waals surface area (Å²) in [4.78, 5) is 14.2. The zero-order valence-corrected chi connectivity index (χ0v) is 10.6. The standard InChI is InChI=1S/C13H24N2O2/c1-9-2-3-11(6-12(9)14)13(17)15-5-4-10(7-15)8-16/h9-12,16H,2-8,14H2,1H3. The van der Waals surface area contributed by atoms with Crippen LogP contribution in [0.3, 0.4) is 0 Å². The lowest BCUT2D eigenvalue weighted by molar-refractivity contribution is -0.136. The third kappa shape index (κ3) is 2.80. The second-order valence-electron chi connectivity index (χ2n) is 5.77. The van der Waals surface area contributed by atoms with Crippen LogP contribution < -0.4 is 5.73 Å². The molecular weight excluding hydrogens is 216 g/mol. The van der Waals surface area contributed by atoms with Crippen molar-refractivity contribution < 1.29 is 9.90 Å². The minimum atomic E-state index is 0.124. The summed E-state index contributed by atoms with van der Waals surface area (Å²) < 4.78 is 0. The molecule has 98 valence electrons. The highest BCUT2D eigenvalue weighted by atomic mass is 16.3. The van der Waals surface area contributed by atoms with Crippen molar-refractivity contribution in [3.05, 3.63) is 0 Å². The molecule has 0 bridgehead atoms. The maximum absolute atomic E-state index is 12.3. The van der Waals surface area contributed by atoms with E-state index in [4.69, 9.17) is 10.8 Å². The summed E-state index contributed by atoms with van der Waals surface area (Å²) in [5.74, 6) is 1.22. The van der Waals surface area contributed by atoms with Gasteiger partial charge >= 0.3 is 0 Å². The first-order chi connectivity index (χ1) is 8.11. The lowest BCUT2D eigenvalue weighted by atomic mass is 9.79. The summed E-state index contributed by atoms with van der Waals surface area (Å²) in [6.07, 6.45) is 3.82. The van der Waals surface area contributed by atoms with Gasteiger partial charge in [0.1, 0.15) is 0 Å². The second-order valence-corrected chi connectivity index (χ2v) is 5.77. The van der Waals surface area contributed by atoms with Gasteiger partial charge < -0.3 is 15.7 Å². The van der Waals surface area contributed by atoms with E-state index in [1.807, 2.05) is 4.90 Å². The van der Waals surface area contributed by atoms with Crippen LogP contribution in [0.5, 0.6) is 0 Å². The summed E-state index contributed by atoms with van der Waals surface area (Å²) in [5.41, 5.74) is 6.05. The first-order valence-electron chi connectivity index (χ1n) is 6.77. The van der Waals surface area contributed by atoms with Crippen LogP contribution in [0.4, 0.5) is 0 Å². The molecule has 0 aromatic carbocycles. The number of rotatable bonds is 2. The van der Waals surface area contributed by atoms with E-state index in [-0.39, 0.29) is 30.4 Å². The monoisotopic (exact) mass is 240 g/mol. The van der Waals surface area contributed by atoms with Crippen molar-refractivity contribution >= 4 is 5.91 Å². The molecule has 0 aromatic heterocycles. The smallest absolute Gasteiger partial charge is 0.225 e. The molecule has 1 amide bonds. The molecule has 2 rings (SSSR count). The van der Waals surface area contributed by atoms with E-state index in [2.05, 4.69) is 6.92 Å². The molecule has 0 spiro atoms. The van der Waals surface area contributed by atoms with Gasteiger partial charge in [-0.1, -0.05) is 6.92 Å². The van der Waals surface area contributed by atoms with Gasteiger partial charge in [-0.15, -0.1) is 0 Å². The molecule has 2 aliphatic rings. The number of nitrogens with zero attached hydrogens (tertiary/aromatic N) is 1. The van der Waals surface area contributed by atoms with Crippen LogP contribution in [-0.2, 0) is 4.79 Å². The van der Waals surface area contributed by atoms with Crippen molar-refractivity contribution in [3.8, 4) is 0 Å². The maximum Gasteiger partial charge on any atom is 0.225 e. The molecule has 4 nitrogen and oxygen atoms in total. The highest BCUT2D eigenvalue weighted by Gasteiger charge is 2.34. The van der Waals surface area contributed by atoms with Crippen molar-refractivity contribution in [2.24, 2.45) is 23.5 Å². The first kappa shape index (κ1) is 12.8. The topological polar surface area (TPSA) is 66.6 Å². The maximum atomic E-state index is 12.3. The fourth-order valence-electron chi connectivity index (χ4n) is 3.02. The first-order valence-corrected chi connectivity index (χ1v) is 6.77. The number of carbonyl (C=O) groups is 1. The lowest BCUT2D eigenvalue weighted by Crippen LogP contribution is -2.42. The molecule has 1 aliphatic heterocycles. The highest BCUT2D eigenvalue weighted by molar-refractivity contribution is 5.79. The SMILES string of the molecule is CC1CCC(C(=O)N2CCC(CO)C2)CC1N. The van der Waals surface area contributed by atoms with E-state index >= 15 is 0 Å². The molecule has 4 unspecified atom stereocenters. The number of aliphatic hydroxyl groups excluding tert-OH is 1. The van der Waals surface area contributed by atoms with Gasteiger partial charge in [-0.2, -0.15) is 0 Å². The van der Waals surface area contributed by atoms with Crippen LogP contribution in [0.2, 0.25) is 0 Å². The largest absolute Gasteiger partial charge is 0.396 e. The summed E-state index contributed by atoms with van der Waals surface area (Å²) in [6, 6.07) is 0.175. The zero-order chi connectivity index (χ0) is 12.4. The van der Waals surface area contributed by atoms with Gasteiger partial charge in [0.2, 0.25) is 5.91 Å². The summed E-state index contributed by atoms with van der Waals surface area (Å²) in [5, 5.41) is 9.09. The molecule has 0 aromatic rings. The number of carbonyl (C=O) groups excluding carboxylic acids is 1. The Kier molecular flexibility index (Phi) is 4.05. The van der Waals surface area contributed by atoms with Crippen LogP contribution in [-0.4, -0.2) is 41.7 Å². The van der Waals surface area contributed by atoms with Gasteiger partial charge in [0, 0.05) is 37.6 Å². The van der Waals surface area contributed by atoms with Crippen molar-refractivity contribution in [2.75, 3.05) is 19.7 Å². The van der Waals surface area contributed by atoms with Gasteiger partial charge in [-0.25, -0.2) is 0 Å². The van der Waals surface area contributed by atoms with Crippen molar-refractivity contribution in [1.82, 2.24) is 4.90 Å². The molecule has 1 aliphatic carbocycles. The van der Waals surface area contributed by atoms with Crippen LogP contribution >= 0.6 is 0 Å². The van der Waals surface area contributed by atoms with Crippen molar-refractivity contribution in [1.29, 1.82) is 0 Å². The molecule has 0 radical (unpaired) electrons. The minimum Gasteiger partial charge on any atom is -0.396 e. The average Bonchev–Trinajstić information content (AvgIpc) is 2.80. The Hall–Kier alpha value is -0.610. The van der Waals surface area contributed by atoms with E-state index in [9.17, 15) is 4.79 Å². The number of aliphatic hydroxyl groups is 1. The molecule has 2 fully saturated rings. The van der Waals surface area contributed by atoms with Gasteiger partial charge in [-0.05, 0) is 31.6 Å².